The number of ether oxygens (including phenoxy) is 1. The fourth-order valence-electron chi connectivity index (χ4n) is 3.23. The summed E-state index contributed by atoms with van der Waals surface area (Å²) in [4.78, 5) is 0.295. The number of aromatic nitrogens is 1. The minimum Gasteiger partial charge on any atom is -0.496 e. The van der Waals surface area contributed by atoms with Gasteiger partial charge in [-0.05, 0) is 49.9 Å². The normalized spacial score (nSPS) is 19.2. The van der Waals surface area contributed by atoms with Gasteiger partial charge < -0.3 is 9.26 Å². The Kier molecular flexibility index (Phi) is 4.16. The molecule has 1 aromatic carbocycles. The van der Waals surface area contributed by atoms with Gasteiger partial charge in [0.15, 0.2) is 0 Å². The van der Waals surface area contributed by atoms with Gasteiger partial charge in [0.2, 0.25) is 10.0 Å². The first kappa shape index (κ1) is 16.0. The van der Waals surface area contributed by atoms with Crippen LogP contribution in [0.25, 0.3) is 0 Å². The van der Waals surface area contributed by atoms with E-state index in [0.717, 1.165) is 29.7 Å². The molecule has 7 heteroatoms. The Morgan fingerprint density at radius 1 is 1.30 bits per heavy atom. The third-order valence-electron chi connectivity index (χ3n) is 4.25. The molecule has 0 amide bonds. The summed E-state index contributed by atoms with van der Waals surface area (Å²) >= 11 is 0. The van der Waals surface area contributed by atoms with E-state index >= 15 is 0 Å². The Morgan fingerprint density at radius 3 is 2.57 bits per heavy atom. The number of sulfonamides is 1. The molecule has 1 aromatic heterocycles. The Bertz CT molecular complexity index is 776. The average molecular weight is 336 g/mol. The van der Waals surface area contributed by atoms with Gasteiger partial charge in [0, 0.05) is 12.6 Å². The highest BCUT2D eigenvalue weighted by Gasteiger charge is 2.37. The first-order valence-corrected chi connectivity index (χ1v) is 8.96. The van der Waals surface area contributed by atoms with Crippen molar-refractivity contribution in [3.63, 3.8) is 0 Å². The fraction of sp³-hybridized carbons (Fsp3) is 0.438. The van der Waals surface area contributed by atoms with Gasteiger partial charge in [0.25, 0.3) is 0 Å². The van der Waals surface area contributed by atoms with Gasteiger partial charge in [-0.25, -0.2) is 8.42 Å². The second kappa shape index (κ2) is 5.98. The molecular weight excluding hydrogens is 316 g/mol. The first-order valence-electron chi connectivity index (χ1n) is 7.52. The molecule has 0 radical (unpaired) electrons. The zero-order valence-electron chi connectivity index (χ0n) is 13.4. The zero-order chi connectivity index (χ0) is 16.6. The maximum Gasteiger partial charge on any atom is 0.243 e. The summed E-state index contributed by atoms with van der Waals surface area (Å²) in [6.07, 6.45) is 3.03. The largest absolute Gasteiger partial charge is 0.496 e. The Balaban J connectivity index is 2.01. The number of aryl methyl sites for hydroxylation is 2. The maximum atomic E-state index is 13.1. The molecule has 2 heterocycles. The molecule has 1 fully saturated rings. The molecule has 0 bridgehead atoms. The van der Waals surface area contributed by atoms with Crippen LogP contribution in [0.5, 0.6) is 5.75 Å². The second-order valence-electron chi connectivity index (χ2n) is 5.79. The fourth-order valence-corrected chi connectivity index (χ4v) is 5.07. The van der Waals surface area contributed by atoms with E-state index in [-0.39, 0.29) is 6.04 Å². The van der Waals surface area contributed by atoms with Gasteiger partial charge in [-0.3, -0.25) is 0 Å². The van der Waals surface area contributed by atoms with Crippen LogP contribution in [0.15, 0.2) is 33.9 Å². The van der Waals surface area contributed by atoms with Crippen LogP contribution in [-0.2, 0) is 10.0 Å². The van der Waals surface area contributed by atoms with Crippen LogP contribution in [0.4, 0.5) is 0 Å². The van der Waals surface area contributed by atoms with Crippen molar-refractivity contribution < 1.29 is 17.7 Å². The van der Waals surface area contributed by atoms with Crippen molar-refractivity contribution in [2.24, 2.45) is 0 Å². The van der Waals surface area contributed by atoms with Crippen LogP contribution in [-0.4, -0.2) is 31.5 Å². The van der Waals surface area contributed by atoms with E-state index in [2.05, 4.69) is 5.16 Å². The predicted molar refractivity (Wildman–Crippen MR) is 84.8 cm³/mol. The molecule has 0 N–H and O–H groups in total. The highest BCUT2D eigenvalue weighted by atomic mass is 32.2. The van der Waals surface area contributed by atoms with Crippen molar-refractivity contribution >= 4 is 10.0 Å². The molecule has 1 atom stereocenters. The maximum absolute atomic E-state index is 13.1. The molecule has 23 heavy (non-hydrogen) atoms. The number of methoxy groups -OCH3 is 1. The number of rotatable bonds is 4. The summed E-state index contributed by atoms with van der Waals surface area (Å²) < 4.78 is 37.9. The van der Waals surface area contributed by atoms with Crippen LogP contribution in [0.1, 0.15) is 35.7 Å². The molecule has 1 aliphatic rings. The van der Waals surface area contributed by atoms with Gasteiger partial charge >= 0.3 is 0 Å². The van der Waals surface area contributed by atoms with E-state index in [1.807, 2.05) is 13.8 Å². The van der Waals surface area contributed by atoms with E-state index in [9.17, 15) is 8.42 Å². The third kappa shape index (κ3) is 2.74. The SMILES string of the molecule is COc1c(C)cc(S(=O)(=O)N2CCC[C@@H]2c2ccon2)cc1C. The molecule has 1 saturated heterocycles. The molecule has 3 rings (SSSR count). The Hall–Kier alpha value is -1.86. The van der Waals surface area contributed by atoms with Crippen LogP contribution < -0.4 is 4.74 Å². The Labute approximate surface area is 136 Å². The number of hydrogen-bond acceptors (Lipinski definition) is 5. The molecular formula is C16H20N2O4S. The van der Waals surface area contributed by atoms with Crippen molar-refractivity contribution in [1.29, 1.82) is 0 Å². The first-order chi connectivity index (χ1) is 10.9. The van der Waals surface area contributed by atoms with Crippen molar-refractivity contribution in [2.45, 2.75) is 37.6 Å². The molecule has 0 unspecified atom stereocenters. The number of nitrogens with zero attached hydrogens (tertiary/aromatic N) is 2. The van der Waals surface area contributed by atoms with Crippen molar-refractivity contribution in [3.8, 4) is 5.75 Å². The summed E-state index contributed by atoms with van der Waals surface area (Å²) in [7, 11) is -2.00. The lowest BCUT2D eigenvalue weighted by Gasteiger charge is -2.23. The number of hydrogen-bond donors (Lipinski definition) is 0. The average Bonchev–Trinajstić information content (AvgIpc) is 3.17. The quantitative estimate of drug-likeness (QED) is 0.858. The van der Waals surface area contributed by atoms with E-state index in [0.29, 0.717) is 17.1 Å². The standard InChI is InChI=1S/C16H20N2O4S/c1-11-9-13(10-12(2)16(11)21-3)23(19,20)18-7-4-5-15(18)14-6-8-22-17-14/h6,8-10,15H,4-5,7H2,1-3H3/t15-/m1/s1. The van der Waals surface area contributed by atoms with Crippen molar-refractivity contribution in [1.82, 2.24) is 9.46 Å². The molecule has 0 saturated carbocycles. The lowest BCUT2D eigenvalue weighted by atomic mass is 10.1. The molecule has 0 spiro atoms. The van der Waals surface area contributed by atoms with Gasteiger partial charge in [0.1, 0.15) is 17.7 Å². The Morgan fingerprint density at radius 2 is 2.00 bits per heavy atom. The topological polar surface area (TPSA) is 72.6 Å². The second-order valence-corrected chi connectivity index (χ2v) is 7.68. The van der Waals surface area contributed by atoms with E-state index in [1.54, 1.807) is 25.3 Å². The smallest absolute Gasteiger partial charge is 0.243 e. The van der Waals surface area contributed by atoms with Crippen LogP contribution in [0, 0.1) is 13.8 Å². The van der Waals surface area contributed by atoms with Gasteiger partial charge in [-0.15, -0.1) is 0 Å². The van der Waals surface area contributed by atoms with Crippen LogP contribution in [0.2, 0.25) is 0 Å². The van der Waals surface area contributed by atoms with Crippen LogP contribution >= 0.6 is 0 Å². The lowest BCUT2D eigenvalue weighted by molar-refractivity contribution is 0.356. The molecule has 124 valence electrons. The van der Waals surface area contributed by atoms with Crippen LogP contribution in [0.3, 0.4) is 0 Å². The molecule has 1 aliphatic heterocycles. The summed E-state index contributed by atoms with van der Waals surface area (Å²) in [5, 5.41) is 3.92. The summed E-state index contributed by atoms with van der Waals surface area (Å²) in [5.41, 5.74) is 2.28. The highest BCUT2D eigenvalue weighted by Crippen LogP contribution is 2.37. The van der Waals surface area contributed by atoms with Gasteiger partial charge in [-0.1, -0.05) is 5.16 Å². The number of benzene rings is 1. The lowest BCUT2D eigenvalue weighted by Crippen LogP contribution is -2.31. The van der Waals surface area contributed by atoms with E-state index in [1.165, 1.54) is 10.6 Å². The molecule has 2 aromatic rings. The minimum atomic E-state index is -3.59. The van der Waals surface area contributed by atoms with Crippen molar-refractivity contribution in [3.05, 3.63) is 41.3 Å². The summed E-state index contributed by atoms with van der Waals surface area (Å²) in [6, 6.07) is 4.79. The summed E-state index contributed by atoms with van der Waals surface area (Å²) in [5.74, 6) is 0.721. The highest BCUT2D eigenvalue weighted by molar-refractivity contribution is 7.89. The summed E-state index contributed by atoms with van der Waals surface area (Å²) in [6.45, 7) is 4.19. The van der Waals surface area contributed by atoms with Gasteiger partial charge in [-0.2, -0.15) is 4.31 Å². The zero-order valence-corrected chi connectivity index (χ0v) is 14.3. The molecule has 6 nitrogen and oxygen atoms in total. The van der Waals surface area contributed by atoms with Gasteiger partial charge in [0.05, 0.1) is 18.0 Å². The predicted octanol–water partition coefficient (Wildman–Crippen LogP) is 2.83. The van der Waals surface area contributed by atoms with E-state index < -0.39 is 10.0 Å². The van der Waals surface area contributed by atoms with E-state index in [4.69, 9.17) is 9.26 Å². The third-order valence-corrected chi connectivity index (χ3v) is 6.13. The van der Waals surface area contributed by atoms with Crippen molar-refractivity contribution in [2.75, 3.05) is 13.7 Å². The molecule has 0 aliphatic carbocycles. The monoisotopic (exact) mass is 336 g/mol. The minimum absolute atomic E-state index is 0.263.